The minimum atomic E-state index is -2.41. The molecule has 15 heteroatoms. The highest BCUT2D eigenvalue weighted by Gasteiger charge is 2.29. The highest BCUT2D eigenvalue weighted by molar-refractivity contribution is 6.12. The molecule has 1 unspecified atom stereocenters. The summed E-state index contributed by atoms with van der Waals surface area (Å²) in [5.41, 5.74) is 32.5. The molecule has 0 aliphatic heterocycles. The van der Waals surface area contributed by atoms with Crippen molar-refractivity contribution < 1.29 is 50.4 Å². The van der Waals surface area contributed by atoms with E-state index in [1.807, 2.05) is 135 Å². The van der Waals surface area contributed by atoms with Crippen LogP contribution in [-0.4, -0.2) is 24.9 Å². The molecule has 15 aromatic heterocycles. The van der Waals surface area contributed by atoms with Crippen molar-refractivity contribution in [1.29, 1.82) is 0 Å². The van der Waals surface area contributed by atoms with Crippen molar-refractivity contribution in [2.45, 2.75) is 133 Å². The molecular weight excluding hydrogens is 1480 g/mol. The second-order valence-electron chi connectivity index (χ2n) is 32.9. The van der Waals surface area contributed by atoms with Gasteiger partial charge in [0.1, 0.15) is 74.2 Å². The smallest absolute Gasteiger partial charge is 0.227 e. The molecule has 0 bridgehead atoms. The molecule has 0 saturated carbocycles. The maximum atomic E-state index is 8.33. The van der Waals surface area contributed by atoms with Gasteiger partial charge in [-0.3, -0.25) is 19.9 Å². The normalized spacial score (nSPS) is 12.8. The zero-order chi connectivity index (χ0) is 87.6. The third-order valence-electron chi connectivity index (χ3n) is 23.2. The molecule has 15 heterocycles. The Morgan fingerprint density at radius 3 is 1.23 bits per heavy atom. The summed E-state index contributed by atoms with van der Waals surface area (Å²) in [6.45, 7) is 27.1. The third-order valence-corrected chi connectivity index (χ3v) is 23.2. The van der Waals surface area contributed by atoms with Crippen LogP contribution in [0.5, 0.6) is 0 Å². The van der Waals surface area contributed by atoms with Crippen LogP contribution in [0.25, 0.3) is 166 Å². The lowest BCUT2D eigenvalue weighted by atomic mass is 9.99. The van der Waals surface area contributed by atoms with Crippen molar-refractivity contribution in [3.63, 3.8) is 0 Å². The molecule has 15 nitrogen and oxygen atoms in total. The summed E-state index contributed by atoms with van der Waals surface area (Å²) in [5.74, 6) is 0.353. The van der Waals surface area contributed by atoms with Crippen molar-refractivity contribution >= 4 is 110 Å². The van der Waals surface area contributed by atoms with Gasteiger partial charge in [0.2, 0.25) is 34.2 Å². The zero-order valence-corrected chi connectivity index (χ0v) is 71.9. The average molecular weight is 1590 g/mol. The molecule has 20 rings (SSSR count). The number of hydrogen-bond acceptors (Lipinski definition) is 10. The number of para-hydroxylation sites is 2. The van der Waals surface area contributed by atoms with Crippen LogP contribution in [-0.2, 0) is 35.2 Å². The van der Waals surface area contributed by atoms with Crippen molar-refractivity contribution in [2.24, 2.45) is 35.2 Å². The Labute approximate surface area is 706 Å². The van der Waals surface area contributed by atoms with Crippen LogP contribution < -0.4 is 22.8 Å². The van der Waals surface area contributed by atoms with Crippen LogP contribution in [0.2, 0.25) is 0 Å². The second-order valence-corrected chi connectivity index (χ2v) is 32.9. The first-order valence-electron chi connectivity index (χ1n) is 43.2. The topological polar surface area (TPSA) is 150 Å². The Bertz CT molecular complexity index is 6820. The summed E-state index contributed by atoms with van der Waals surface area (Å²) < 4.78 is 72.8. The van der Waals surface area contributed by atoms with Gasteiger partial charge in [0, 0.05) is 144 Å². The fourth-order valence-corrected chi connectivity index (χ4v) is 16.4. The summed E-state index contributed by atoms with van der Waals surface area (Å²) in [6, 6.07) is 59.7. The van der Waals surface area contributed by atoms with Gasteiger partial charge in [0.15, 0.2) is 58.9 Å². The largest absolute Gasteiger partial charge is 0.455 e. The summed E-state index contributed by atoms with van der Waals surface area (Å²) >= 11 is 0. The van der Waals surface area contributed by atoms with Gasteiger partial charge in [0.25, 0.3) is 0 Å². The van der Waals surface area contributed by atoms with Crippen LogP contribution in [0.4, 0.5) is 0 Å². The molecule has 600 valence electrons. The lowest BCUT2D eigenvalue weighted by molar-refractivity contribution is -0.661. The summed E-state index contributed by atoms with van der Waals surface area (Å²) in [6.07, 6.45) is 21.6. The fourth-order valence-electron chi connectivity index (χ4n) is 16.4. The van der Waals surface area contributed by atoms with E-state index in [2.05, 4.69) is 257 Å². The van der Waals surface area contributed by atoms with E-state index in [1.54, 1.807) is 24.7 Å². The van der Waals surface area contributed by atoms with E-state index in [9.17, 15) is 0 Å². The zero-order valence-electron chi connectivity index (χ0n) is 75.9. The first-order chi connectivity index (χ1) is 59.3. The van der Waals surface area contributed by atoms with Crippen molar-refractivity contribution in [3.8, 4) is 56.3 Å². The monoisotopic (exact) mass is 1590 g/mol. The predicted molar refractivity (Wildman–Crippen MR) is 485 cm³/mol. The summed E-state index contributed by atoms with van der Waals surface area (Å²) in [7, 11) is 10.2. The number of fused-ring (bicyclic) bond motifs is 15. The molecule has 0 fully saturated rings. The van der Waals surface area contributed by atoms with Gasteiger partial charge >= 0.3 is 0 Å². The van der Waals surface area contributed by atoms with Gasteiger partial charge in [-0.05, 0) is 171 Å². The molecule has 0 saturated heterocycles. The molecule has 0 spiro atoms. The second kappa shape index (κ2) is 33.2. The molecule has 5 aromatic carbocycles. The van der Waals surface area contributed by atoms with Gasteiger partial charge in [-0.25, -0.2) is 27.8 Å². The highest BCUT2D eigenvalue weighted by atomic mass is 16.3. The fraction of sp³-hybridized carbons (Fsp3) is 0.238. The number of benzene rings is 5. The van der Waals surface area contributed by atoms with E-state index in [-0.39, 0.29) is 0 Å². The van der Waals surface area contributed by atoms with Crippen molar-refractivity contribution in [2.75, 3.05) is 0 Å². The Morgan fingerprint density at radius 1 is 0.292 bits per heavy atom. The lowest BCUT2D eigenvalue weighted by Gasteiger charge is -2.08. The predicted octanol–water partition coefficient (Wildman–Crippen LogP) is 24.5. The Morgan fingerprint density at radius 2 is 0.692 bits per heavy atom. The maximum Gasteiger partial charge on any atom is 0.227 e. The van der Waals surface area contributed by atoms with E-state index < -0.39 is 12.7 Å². The van der Waals surface area contributed by atoms with E-state index in [4.69, 9.17) is 27.6 Å². The van der Waals surface area contributed by atoms with Crippen molar-refractivity contribution in [1.82, 2.24) is 24.9 Å². The summed E-state index contributed by atoms with van der Waals surface area (Å²) in [5, 5.41) is 8.44. The number of aryl methyl sites for hydroxylation is 10. The highest BCUT2D eigenvalue weighted by Crippen LogP contribution is 2.43. The molecule has 0 radical (unpaired) electrons. The number of pyridine rings is 10. The summed E-state index contributed by atoms with van der Waals surface area (Å²) in [4.78, 5) is 22.3. The van der Waals surface area contributed by atoms with Crippen LogP contribution >= 0.6 is 0 Å². The molecule has 0 amide bonds. The Kier molecular flexibility index (Phi) is 20.8. The van der Waals surface area contributed by atoms with E-state index >= 15 is 0 Å². The van der Waals surface area contributed by atoms with E-state index in [0.717, 1.165) is 177 Å². The SMILES string of the molecule is Cc1ccc2c(oc3cccnc32)c1-c1ccc(C(C)C)c[n+]1C.Cc1ccc2c(oc3ccncc32)c1-c1ccc(C(C)C)c[n+]1C.Cc1cnc2c(oc3ccccc32)c1-c1ccc(C(C)C)c[n+]1C.Cc1ncc2c(oc3ccccc32)c1-c1ccc(C(C)C)c[n+]1C.[2H]C([2H])([2H])C([2H])(C)c1ccc(-c2c(C)ccc3c2oc2ncccc23)[n+](C)c1. The van der Waals surface area contributed by atoms with Gasteiger partial charge in [0.05, 0.1) is 27.9 Å². The molecule has 1 atom stereocenters. The standard InChI is InChI=1S/5C21H21N2O/c1-13(2)15-6-8-18(23(4)12-15)20-14(3)5-7-16-17-11-22-10-9-19(17)24-21(16)20;1-13(2)15-8-10-17(23(4)12-15)19-14(3)7-9-16-20-18(24-21(16)19)6-5-11-22-20;1-13(2)15-8-10-18(23(4)12-15)19-14(3)7-9-16-17-6-5-11-22-21(17)24-20(16)19;1-13(2)15-9-10-18(23(4)12-15)20-14(3)22-11-17-16-7-5-6-8-19(16)24-21(17)20;1-13(2)15-9-10-17(23(4)12-15)19-14(3)11-22-20-16-7-5-6-8-18(16)24-21(19)20/h5*5-13H,1-4H3/q5*+1/i;;1D3,13D;;. The quantitative estimate of drug-likeness (QED) is 0.121. The number of rotatable bonds is 10. The Balaban J connectivity index is 0.000000115. The molecule has 120 heavy (non-hydrogen) atoms. The minimum absolute atomic E-state index is 0.440. The first-order valence-corrected chi connectivity index (χ1v) is 41.2. The van der Waals surface area contributed by atoms with Gasteiger partial charge in [-0.15, -0.1) is 0 Å². The molecule has 0 aliphatic rings. The van der Waals surface area contributed by atoms with Crippen LogP contribution in [0.3, 0.4) is 0 Å². The third kappa shape index (κ3) is 15.2. The molecular formula is C105H105N10O5+5. The van der Waals surface area contributed by atoms with Crippen LogP contribution in [0.1, 0.15) is 160 Å². The maximum absolute atomic E-state index is 8.33. The number of nitrogens with zero attached hydrogens (tertiary/aromatic N) is 10. The van der Waals surface area contributed by atoms with E-state index in [1.165, 1.54) is 40.3 Å². The average Bonchev–Trinajstić information content (AvgIpc) is 1.60. The first kappa shape index (κ1) is 75.4. The van der Waals surface area contributed by atoms with Crippen LogP contribution in [0, 0.1) is 34.6 Å². The number of aromatic nitrogens is 10. The van der Waals surface area contributed by atoms with Crippen molar-refractivity contribution in [3.05, 3.63) is 300 Å². The minimum Gasteiger partial charge on any atom is -0.455 e. The Hall–Kier alpha value is -13.4. The van der Waals surface area contributed by atoms with E-state index in [0.29, 0.717) is 34.9 Å². The number of hydrogen-bond donors (Lipinski definition) is 0. The molecule has 0 aliphatic carbocycles. The molecule has 0 N–H and O–H groups in total. The molecule has 20 aromatic rings. The van der Waals surface area contributed by atoms with Gasteiger partial charge in [-0.1, -0.05) is 130 Å². The lowest BCUT2D eigenvalue weighted by Crippen LogP contribution is -2.31. The van der Waals surface area contributed by atoms with Crippen LogP contribution in [0.15, 0.2) is 266 Å². The van der Waals surface area contributed by atoms with Gasteiger partial charge < -0.3 is 22.1 Å². The van der Waals surface area contributed by atoms with Gasteiger partial charge in [-0.2, -0.15) is 0 Å². The number of furan rings is 5.